The zero-order valence-electron chi connectivity index (χ0n) is 74.4. The standard InChI is InChI=1S/C22H22FN3OS.C22H23N3OS.C20H21N5OS.C20H21N3OS2.C19H20N4O2S/c23-18-4-1-15(2-5-18)16-3-6-19(24)17(13-16)14-20(27)21-7-8-22(28-21)26-11-9-25-10-12-26;23-20-7-6-17(16-4-2-1-3-5-16)12-18(20)13-21(26)22-14-19(15-27-22)25-10-8-24-9-11-25;21-17-2-1-15(14-3-5-22-6-4-14)11-16(17)12-18(26)19-13-24-20(27-19)25-9-7-23-8-10-25;21-16-4-3-14(18-2-1-11-25-18)12-15(16)13-17(24)19-5-6-20(26-19)23-9-7-22-8-10-23;1-13-4-5-14(16-3-2-10-25-16)11-15(13)22-18(24)17-12-21-19(26-17)23-8-6-20-7-9-23/h1-8,13,25H,9-12,14,24H2;1-7,12,14-15,24H,8-11,13,23H2;1-6,11,13,23H,7-10,12,21H2;1-6,11-12,22H,7-10,13,21H2;2-5,10-12,20H,6-9H2,1H3,(H,22,24). The van der Waals surface area contributed by atoms with Gasteiger partial charge in [-0.2, -0.15) is 0 Å². The molecule has 14 N–H and O–H groups in total. The Balaban J connectivity index is 0.000000122. The van der Waals surface area contributed by atoms with E-state index in [4.69, 9.17) is 27.4 Å². The molecule has 0 spiro atoms. The topological polar surface area (TPSA) is 330 Å². The summed E-state index contributed by atoms with van der Waals surface area (Å²) in [5, 5.41) is 28.0. The zero-order valence-corrected chi connectivity index (χ0v) is 79.3. The van der Waals surface area contributed by atoms with Crippen LogP contribution in [0.3, 0.4) is 0 Å². The second-order valence-corrected chi connectivity index (χ2v) is 38.7. The third kappa shape index (κ3) is 25.1. The van der Waals surface area contributed by atoms with Gasteiger partial charge in [-0.1, -0.05) is 108 Å². The van der Waals surface area contributed by atoms with Crippen LogP contribution >= 0.6 is 68.0 Å². The Morgan fingerprint density at radius 2 is 0.813 bits per heavy atom. The number of halogens is 1. The van der Waals surface area contributed by atoms with E-state index in [1.54, 1.807) is 77.2 Å². The molecule has 31 heteroatoms. The summed E-state index contributed by atoms with van der Waals surface area (Å²) in [5.74, 6) is 0.738. The van der Waals surface area contributed by atoms with Crippen LogP contribution < -0.4 is 79.3 Å². The number of benzene rings is 7. The number of aromatic nitrogens is 3. The van der Waals surface area contributed by atoms with Crippen LogP contribution in [0, 0.1) is 12.7 Å². The highest BCUT2D eigenvalue weighted by atomic mass is 32.1. The van der Waals surface area contributed by atoms with Crippen LogP contribution in [0.1, 0.15) is 76.2 Å². The van der Waals surface area contributed by atoms with Crippen molar-refractivity contribution in [1.29, 1.82) is 0 Å². The highest BCUT2D eigenvalue weighted by molar-refractivity contribution is 7.19. The van der Waals surface area contributed by atoms with E-state index in [2.05, 4.69) is 106 Å². The average molecular weight is 1900 g/mol. The van der Waals surface area contributed by atoms with Crippen LogP contribution in [-0.2, 0) is 25.7 Å². The molecule has 0 radical (unpaired) electrons. The number of amides is 1. The molecule has 5 aliphatic rings. The molecular weight excluding hydrogens is 1800 g/mol. The summed E-state index contributed by atoms with van der Waals surface area (Å²) in [6.45, 7) is 21.2. The van der Waals surface area contributed by atoms with E-state index >= 15 is 0 Å². The predicted molar refractivity (Wildman–Crippen MR) is 552 cm³/mol. The van der Waals surface area contributed by atoms with Crippen LogP contribution in [0.25, 0.3) is 55.1 Å². The molecule has 0 aliphatic carbocycles. The Morgan fingerprint density at radius 1 is 0.388 bits per heavy atom. The number of thiophene rings is 4. The molecule has 0 saturated carbocycles. The predicted octanol–water partition coefficient (Wildman–Crippen LogP) is 17.7. The molecule has 134 heavy (non-hydrogen) atoms. The molecule has 15 aromatic rings. The third-order valence-electron chi connectivity index (χ3n) is 23.6. The summed E-state index contributed by atoms with van der Waals surface area (Å²) in [4.78, 5) is 93.1. The molecule has 688 valence electrons. The van der Waals surface area contributed by atoms with Gasteiger partial charge in [-0.15, -0.1) is 45.3 Å². The number of pyridine rings is 1. The summed E-state index contributed by atoms with van der Waals surface area (Å²) in [7, 11) is 0. The first-order valence-electron chi connectivity index (χ1n) is 44.8. The van der Waals surface area contributed by atoms with Gasteiger partial charge in [0, 0.05) is 219 Å². The Morgan fingerprint density at radius 3 is 1.30 bits per heavy atom. The van der Waals surface area contributed by atoms with Gasteiger partial charge in [0.05, 0.1) is 48.2 Å². The summed E-state index contributed by atoms with van der Waals surface area (Å²) in [6, 6.07) is 67.4. The van der Waals surface area contributed by atoms with Gasteiger partial charge >= 0.3 is 0 Å². The number of Topliss-reactive ketones (excluding diaryl/α,β-unsaturated/α-hetero) is 4. The quantitative estimate of drug-likeness (QED) is 0.0198. The van der Waals surface area contributed by atoms with Crippen molar-refractivity contribution in [1.82, 2.24) is 41.5 Å². The maximum Gasteiger partial charge on any atom is 0.267 e. The summed E-state index contributed by atoms with van der Waals surface area (Å²) < 4.78 is 18.6. The molecule has 5 aliphatic heterocycles. The molecule has 0 atom stereocenters. The van der Waals surface area contributed by atoms with Gasteiger partial charge in [-0.3, -0.25) is 29.0 Å². The number of thiazole rings is 2. The Labute approximate surface area is 803 Å². The van der Waals surface area contributed by atoms with Gasteiger partial charge in [-0.05, 0) is 206 Å². The van der Waals surface area contributed by atoms with Crippen LogP contribution in [0.5, 0.6) is 0 Å². The van der Waals surface area contributed by atoms with E-state index in [1.807, 2.05) is 171 Å². The number of anilines is 10. The number of carbonyl (C=O) groups is 5. The summed E-state index contributed by atoms with van der Waals surface area (Å²) >= 11 is 9.23. The molecule has 13 heterocycles. The summed E-state index contributed by atoms with van der Waals surface area (Å²) in [5.41, 5.74) is 41.6. The molecule has 0 bridgehead atoms. The number of hydrogen-bond donors (Lipinski definition) is 10. The smallest absolute Gasteiger partial charge is 0.267 e. The molecule has 1 amide bonds. The molecule has 20 rings (SSSR count). The van der Waals surface area contributed by atoms with Crippen molar-refractivity contribution in [2.45, 2.75) is 32.6 Å². The lowest BCUT2D eigenvalue weighted by Crippen LogP contribution is -2.43. The minimum Gasteiger partial charge on any atom is -0.464 e. The molecule has 5 saturated heterocycles. The third-order valence-corrected chi connectivity index (χ3v) is 30.0. The monoisotopic (exact) mass is 1900 g/mol. The van der Waals surface area contributed by atoms with Crippen LogP contribution in [0.4, 0.5) is 58.8 Å². The van der Waals surface area contributed by atoms with Gasteiger partial charge in [-0.25, -0.2) is 14.4 Å². The Bertz CT molecular complexity index is 6130. The molecular formula is C103H107FN18O6S6. The average Bonchev–Trinajstić information content (AvgIpc) is 0.850. The van der Waals surface area contributed by atoms with Crippen molar-refractivity contribution < 1.29 is 32.8 Å². The number of furan rings is 1. The minimum atomic E-state index is -0.271. The largest absolute Gasteiger partial charge is 0.464 e. The second-order valence-electron chi connectivity index (χ2n) is 32.7. The van der Waals surface area contributed by atoms with Gasteiger partial charge in [0.15, 0.2) is 33.4 Å². The summed E-state index contributed by atoms with van der Waals surface area (Å²) in [6.07, 6.45) is 9.69. The fourth-order valence-corrected chi connectivity index (χ4v) is 21.3. The van der Waals surface area contributed by atoms with Gasteiger partial charge in [0.2, 0.25) is 0 Å². The fourth-order valence-electron chi connectivity index (χ4n) is 16.0. The lowest BCUT2D eigenvalue weighted by Gasteiger charge is -2.28. The molecule has 5 fully saturated rings. The number of nitrogen functional groups attached to an aromatic ring is 4. The van der Waals surface area contributed by atoms with E-state index in [0.717, 1.165) is 250 Å². The first-order valence-corrected chi connectivity index (χ1v) is 49.8. The first-order chi connectivity index (χ1) is 65.4. The number of ketones is 4. The fraction of sp³-hybridized carbons (Fsp3) is 0.243. The number of carbonyl (C=O) groups excluding carboxylic acids is 5. The zero-order chi connectivity index (χ0) is 92.7. The van der Waals surface area contributed by atoms with Gasteiger partial charge < -0.3 is 83.8 Å². The lowest BCUT2D eigenvalue weighted by atomic mass is 9.99. The molecule has 8 aromatic heterocycles. The van der Waals surface area contributed by atoms with E-state index in [9.17, 15) is 28.4 Å². The highest BCUT2D eigenvalue weighted by Crippen LogP contribution is 2.37. The van der Waals surface area contributed by atoms with Crippen molar-refractivity contribution >= 4 is 151 Å². The number of nitrogens with two attached hydrogens (primary N) is 4. The lowest BCUT2D eigenvalue weighted by molar-refractivity contribution is 0.0988. The Hall–Kier alpha value is -12.9. The van der Waals surface area contributed by atoms with E-state index in [1.165, 1.54) is 56.0 Å². The maximum absolute atomic E-state index is 13.2. The minimum absolute atomic E-state index is 0.0486. The second kappa shape index (κ2) is 46.2. The molecule has 24 nitrogen and oxygen atoms in total. The van der Waals surface area contributed by atoms with Crippen LogP contribution in [-0.4, -0.2) is 175 Å². The van der Waals surface area contributed by atoms with Crippen molar-refractivity contribution in [3.63, 3.8) is 0 Å². The normalized spacial score (nSPS) is 14.4. The van der Waals surface area contributed by atoms with Gasteiger partial charge in [0.1, 0.15) is 16.5 Å². The van der Waals surface area contributed by atoms with Crippen molar-refractivity contribution in [3.8, 4) is 55.1 Å². The van der Waals surface area contributed by atoms with Crippen molar-refractivity contribution in [2.24, 2.45) is 0 Å². The molecule has 0 unspecified atom stereocenters. The SMILES string of the molecule is Cc1ccc(-c2ccco2)cc1NC(=O)c1cnc(N2CCNCC2)s1.Nc1ccc(-c2ccc(F)cc2)cc1CC(=O)c1ccc(N2CCNCC2)s1.Nc1ccc(-c2ccccc2)cc1CC(=O)c1cc(N2CCNCC2)cs1.Nc1ccc(-c2cccs2)cc1CC(=O)c1ccc(N2CCNCC2)s1.Nc1ccc(-c2ccncc2)cc1CC(=O)c1cnc(N2CCNCC2)s1. The number of rotatable bonds is 24. The Kier molecular flexibility index (Phi) is 32.5. The number of nitrogens with one attached hydrogen (secondary N) is 6. The maximum atomic E-state index is 13.2. The number of nitrogens with zero attached hydrogens (tertiary/aromatic N) is 8. The number of aryl methyl sites for hydroxylation is 1. The number of piperazine rings is 5. The van der Waals surface area contributed by atoms with E-state index in [-0.39, 0.29) is 47.7 Å². The van der Waals surface area contributed by atoms with Gasteiger partial charge in [0.25, 0.3) is 5.91 Å². The van der Waals surface area contributed by atoms with E-state index in [0.29, 0.717) is 45.3 Å². The van der Waals surface area contributed by atoms with E-state index < -0.39 is 0 Å². The van der Waals surface area contributed by atoms with Crippen LogP contribution in [0.15, 0.2) is 259 Å². The number of hydrogen-bond acceptors (Lipinski definition) is 29. The highest BCUT2D eigenvalue weighted by Gasteiger charge is 2.25. The first kappa shape index (κ1) is 94.3. The van der Waals surface area contributed by atoms with Crippen LogP contribution in [0.2, 0.25) is 0 Å². The van der Waals surface area contributed by atoms with Crippen molar-refractivity contribution in [2.75, 3.05) is 184 Å². The molecule has 7 aromatic carbocycles. The van der Waals surface area contributed by atoms with Crippen molar-refractivity contribution in [3.05, 3.63) is 312 Å².